The Morgan fingerprint density at radius 2 is 1.86 bits per heavy atom. The molecule has 0 atom stereocenters. The number of piperidine rings is 1. The van der Waals surface area contributed by atoms with Crippen molar-refractivity contribution in [2.24, 2.45) is 4.99 Å². The average molecular weight is 517 g/mol. The number of halogens is 1. The van der Waals surface area contributed by atoms with E-state index in [1.165, 1.54) is 0 Å². The van der Waals surface area contributed by atoms with Crippen LogP contribution >= 0.6 is 24.0 Å². The van der Waals surface area contributed by atoms with E-state index in [0.717, 1.165) is 18.4 Å². The number of rotatable bonds is 7. The molecule has 0 saturated carbocycles. The highest BCUT2D eigenvalue weighted by Crippen LogP contribution is 2.11. The van der Waals surface area contributed by atoms with Gasteiger partial charge in [0.1, 0.15) is 0 Å². The number of amides is 2. The number of hydrogen-bond acceptors (Lipinski definition) is 4. The predicted molar refractivity (Wildman–Crippen MR) is 124 cm³/mol. The normalized spacial score (nSPS) is 14.6. The summed E-state index contributed by atoms with van der Waals surface area (Å²) in [7, 11) is 1.71. The van der Waals surface area contributed by atoms with Crippen molar-refractivity contribution in [2.45, 2.75) is 38.8 Å². The third-order valence-corrected chi connectivity index (χ3v) is 4.56. The second-order valence-corrected chi connectivity index (χ2v) is 6.62. The van der Waals surface area contributed by atoms with Gasteiger partial charge in [0.2, 0.25) is 5.91 Å². The van der Waals surface area contributed by atoms with E-state index in [9.17, 15) is 9.59 Å². The van der Waals surface area contributed by atoms with E-state index >= 15 is 0 Å². The summed E-state index contributed by atoms with van der Waals surface area (Å²) in [5.74, 6) is 0.667. The molecule has 1 aliphatic rings. The van der Waals surface area contributed by atoms with Crippen molar-refractivity contribution >= 4 is 41.9 Å². The lowest BCUT2D eigenvalue weighted by Gasteiger charge is -2.32. The van der Waals surface area contributed by atoms with Crippen molar-refractivity contribution in [1.82, 2.24) is 20.9 Å². The molecule has 0 bridgehead atoms. The first-order valence-corrected chi connectivity index (χ1v) is 9.82. The Morgan fingerprint density at radius 1 is 1.17 bits per heavy atom. The highest BCUT2D eigenvalue weighted by atomic mass is 127. The lowest BCUT2D eigenvalue weighted by atomic mass is 10.1. The number of aliphatic imine (C=N–C) groups is 1. The summed E-state index contributed by atoms with van der Waals surface area (Å²) in [6, 6.07) is 10.1. The fourth-order valence-corrected chi connectivity index (χ4v) is 2.99. The van der Waals surface area contributed by atoms with Crippen LogP contribution in [0, 0.1) is 0 Å². The second-order valence-electron chi connectivity index (χ2n) is 6.62. The third kappa shape index (κ3) is 9.33. The molecule has 0 unspecified atom stereocenters. The number of carbonyl (C=O) groups excluding carboxylic acids is 2. The average Bonchev–Trinajstić information content (AvgIpc) is 2.73. The Hall–Kier alpha value is -2.04. The predicted octanol–water partition coefficient (Wildman–Crippen LogP) is 2.10. The van der Waals surface area contributed by atoms with Gasteiger partial charge >= 0.3 is 6.09 Å². The lowest BCUT2D eigenvalue weighted by molar-refractivity contribution is -0.121. The van der Waals surface area contributed by atoms with Crippen LogP contribution in [-0.4, -0.2) is 62.2 Å². The molecular formula is C20H32IN5O3. The van der Waals surface area contributed by atoms with Crippen LogP contribution in [-0.2, 0) is 16.1 Å². The Morgan fingerprint density at radius 3 is 2.48 bits per heavy atom. The molecule has 8 nitrogen and oxygen atoms in total. The van der Waals surface area contributed by atoms with Gasteiger partial charge in [-0.05, 0) is 25.3 Å². The molecule has 2 rings (SSSR count). The van der Waals surface area contributed by atoms with E-state index in [2.05, 4.69) is 20.9 Å². The molecule has 1 saturated heterocycles. The number of nitrogens with one attached hydrogen (secondary N) is 3. The molecule has 0 spiro atoms. The number of likely N-dealkylation sites (tertiary alicyclic amines) is 1. The molecule has 1 aliphatic heterocycles. The van der Waals surface area contributed by atoms with Crippen molar-refractivity contribution in [1.29, 1.82) is 0 Å². The fraction of sp³-hybridized carbons (Fsp3) is 0.550. The van der Waals surface area contributed by atoms with E-state index in [4.69, 9.17) is 4.74 Å². The van der Waals surface area contributed by atoms with Crippen LogP contribution in [0.4, 0.5) is 4.79 Å². The van der Waals surface area contributed by atoms with E-state index < -0.39 is 0 Å². The second kappa shape index (κ2) is 14.0. The van der Waals surface area contributed by atoms with Gasteiger partial charge in [-0.2, -0.15) is 0 Å². The minimum Gasteiger partial charge on any atom is -0.450 e. The Labute approximate surface area is 189 Å². The SMILES string of the molecule is CCOC(=O)N1CCC(NC(=NC)NCCC(=O)NCc2ccccc2)CC1.I. The van der Waals surface area contributed by atoms with E-state index in [0.29, 0.717) is 45.2 Å². The van der Waals surface area contributed by atoms with Gasteiger partial charge in [0, 0.05) is 45.7 Å². The maximum Gasteiger partial charge on any atom is 0.409 e. The summed E-state index contributed by atoms with van der Waals surface area (Å²) in [5, 5.41) is 9.44. The van der Waals surface area contributed by atoms with Crippen molar-refractivity contribution in [2.75, 3.05) is 33.3 Å². The molecule has 1 aromatic carbocycles. The summed E-state index contributed by atoms with van der Waals surface area (Å²) in [5.41, 5.74) is 1.08. The lowest BCUT2D eigenvalue weighted by Crippen LogP contribution is -2.50. The van der Waals surface area contributed by atoms with Crippen LogP contribution in [0.3, 0.4) is 0 Å². The van der Waals surface area contributed by atoms with Crippen LogP contribution in [0.5, 0.6) is 0 Å². The van der Waals surface area contributed by atoms with Gasteiger partial charge in [-0.15, -0.1) is 24.0 Å². The third-order valence-electron chi connectivity index (χ3n) is 4.56. The number of guanidine groups is 1. The topological polar surface area (TPSA) is 95.1 Å². The minimum absolute atomic E-state index is 0. The molecule has 0 aromatic heterocycles. The summed E-state index contributed by atoms with van der Waals surface area (Å²) < 4.78 is 5.04. The molecule has 2 amide bonds. The summed E-state index contributed by atoms with van der Waals surface area (Å²) >= 11 is 0. The van der Waals surface area contributed by atoms with Gasteiger partial charge in [0.25, 0.3) is 0 Å². The van der Waals surface area contributed by atoms with Gasteiger partial charge < -0.3 is 25.6 Å². The summed E-state index contributed by atoms with van der Waals surface area (Å²) in [6.45, 7) is 4.56. The zero-order valence-corrected chi connectivity index (χ0v) is 19.5. The molecule has 1 fully saturated rings. The van der Waals surface area contributed by atoms with Gasteiger partial charge in [0.05, 0.1) is 6.61 Å². The first-order chi connectivity index (χ1) is 13.6. The van der Waals surface area contributed by atoms with Crippen LogP contribution in [0.25, 0.3) is 0 Å². The first kappa shape index (κ1) is 25.0. The number of nitrogens with zero attached hydrogens (tertiary/aromatic N) is 2. The van der Waals surface area contributed by atoms with Crippen LogP contribution < -0.4 is 16.0 Å². The first-order valence-electron chi connectivity index (χ1n) is 9.82. The van der Waals surface area contributed by atoms with Crippen molar-refractivity contribution < 1.29 is 14.3 Å². The molecule has 162 valence electrons. The highest BCUT2D eigenvalue weighted by Gasteiger charge is 2.24. The van der Waals surface area contributed by atoms with Crippen LogP contribution in [0.1, 0.15) is 31.7 Å². The largest absolute Gasteiger partial charge is 0.450 e. The number of ether oxygens (including phenoxy) is 1. The van der Waals surface area contributed by atoms with Crippen LogP contribution in [0.2, 0.25) is 0 Å². The molecule has 29 heavy (non-hydrogen) atoms. The fourth-order valence-electron chi connectivity index (χ4n) is 2.99. The zero-order valence-electron chi connectivity index (χ0n) is 17.1. The molecular weight excluding hydrogens is 485 g/mol. The van der Waals surface area contributed by atoms with Crippen LogP contribution in [0.15, 0.2) is 35.3 Å². The Balaban J connectivity index is 0.00000420. The molecule has 3 N–H and O–H groups in total. The quantitative estimate of drug-likeness (QED) is 0.293. The van der Waals surface area contributed by atoms with Gasteiger partial charge in [-0.3, -0.25) is 9.79 Å². The smallest absolute Gasteiger partial charge is 0.409 e. The summed E-state index contributed by atoms with van der Waals surface area (Å²) in [4.78, 5) is 29.7. The zero-order chi connectivity index (χ0) is 20.2. The van der Waals surface area contributed by atoms with Gasteiger partial charge in [-0.25, -0.2) is 4.79 Å². The number of benzene rings is 1. The number of hydrogen-bond donors (Lipinski definition) is 3. The minimum atomic E-state index is -0.245. The maximum atomic E-state index is 12.0. The molecule has 9 heteroatoms. The number of carbonyl (C=O) groups is 2. The Kier molecular flexibility index (Phi) is 12.1. The summed E-state index contributed by atoms with van der Waals surface area (Å²) in [6.07, 6.45) is 1.79. The van der Waals surface area contributed by atoms with E-state index in [1.54, 1.807) is 11.9 Å². The van der Waals surface area contributed by atoms with Crippen molar-refractivity contribution in [3.8, 4) is 0 Å². The molecule has 0 radical (unpaired) electrons. The standard InChI is InChI=1S/C20H31N5O3.HI/c1-3-28-20(27)25-13-10-17(11-14-25)24-19(21-2)22-12-9-18(26)23-15-16-7-5-4-6-8-16;/h4-8,17H,3,9-15H2,1-2H3,(H,23,26)(H2,21,22,24);1H. The molecule has 1 aromatic rings. The molecule has 1 heterocycles. The monoisotopic (exact) mass is 517 g/mol. The maximum absolute atomic E-state index is 12.0. The van der Waals surface area contributed by atoms with Gasteiger partial charge in [-0.1, -0.05) is 30.3 Å². The Bertz CT molecular complexity index is 649. The molecule has 0 aliphatic carbocycles. The van der Waals surface area contributed by atoms with E-state index in [-0.39, 0.29) is 42.0 Å². The van der Waals surface area contributed by atoms with Crippen molar-refractivity contribution in [3.05, 3.63) is 35.9 Å². The van der Waals surface area contributed by atoms with E-state index in [1.807, 2.05) is 37.3 Å². The van der Waals surface area contributed by atoms with Crippen molar-refractivity contribution in [3.63, 3.8) is 0 Å². The highest BCUT2D eigenvalue weighted by molar-refractivity contribution is 14.0. The van der Waals surface area contributed by atoms with Gasteiger partial charge in [0.15, 0.2) is 5.96 Å².